The Bertz CT molecular complexity index is 1080. The van der Waals surface area contributed by atoms with Crippen molar-refractivity contribution in [3.63, 3.8) is 0 Å². The molecule has 0 aliphatic carbocycles. The van der Waals surface area contributed by atoms with Gasteiger partial charge in [-0.1, -0.05) is 39.3 Å². The molecule has 0 bridgehead atoms. The van der Waals surface area contributed by atoms with E-state index in [9.17, 15) is 18.4 Å². The van der Waals surface area contributed by atoms with Gasteiger partial charge in [0, 0.05) is 43.9 Å². The molecule has 0 saturated heterocycles. The van der Waals surface area contributed by atoms with Crippen molar-refractivity contribution in [2.75, 3.05) is 26.2 Å². The zero-order valence-electron chi connectivity index (χ0n) is 23.6. The zero-order chi connectivity index (χ0) is 28.8. The maximum Gasteiger partial charge on any atom is 0.338 e. The summed E-state index contributed by atoms with van der Waals surface area (Å²) in [5, 5.41) is 3.22. The Morgan fingerprint density at radius 1 is 0.949 bits per heavy atom. The van der Waals surface area contributed by atoms with Gasteiger partial charge in [0.1, 0.15) is 17.7 Å². The minimum atomic E-state index is -0.778. The topological polar surface area (TPSA) is 84.7 Å². The fourth-order valence-corrected chi connectivity index (χ4v) is 4.36. The third kappa shape index (κ3) is 10.9. The summed E-state index contributed by atoms with van der Waals surface area (Å²) >= 11 is 0. The highest BCUT2D eigenvalue weighted by Gasteiger charge is 2.25. The van der Waals surface area contributed by atoms with Gasteiger partial charge in [0.05, 0.1) is 5.56 Å². The number of benzene rings is 2. The molecular weight excluding hydrogens is 500 g/mol. The number of unbranched alkanes of at least 4 members (excludes halogenated alkanes) is 1. The Balaban J connectivity index is 2.23. The van der Waals surface area contributed by atoms with Gasteiger partial charge < -0.3 is 20.7 Å². The molecule has 2 rings (SSSR count). The largest absolute Gasteiger partial charge is 0.456 e. The van der Waals surface area contributed by atoms with Crippen LogP contribution in [0.5, 0.6) is 0 Å². The Morgan fingerprint density at radius 3 is 2.21 bits per heavy atom. The van der Waals surface area contributed by atoms with Crippen LogP contribution in [-0.4, -0.2) is 55.1 Å². The molecular formula is C31H43F2N3O3. The number of aryl methyl sites for hydroxylation is 1. The van der Waals surface area contributed by atoms with Crippen LogP contribution >= 0.6 is 0 Å². The molecule has 0 radical (unpaired) electrons. The van der Waals surface area contributed by atoms with E-state index in [4.69, 9.17) is 10.5 Å². The first-order chi connectivity index (χ1) is 18.7. The van der Waals surface area contributed by atoms with Gasteiger partial charge in [0.2, 0.25) is 0 Å². The van der Waals surface area contributed by atoms with Crippen LogP contribution in [0, 0.1) is 18.6 Å². The number of carbonyl (C=O) groups is 2. The van der Waals surface area contributed by atoms with Gasteiger partial charge in [-0.25, -0.2) is 13.6 Å². The SMILES string of the molecule is CCCC=CCNC[C@@H](OC(=O)c1cc(C)cc(C(=O)N(CCC)CCC)c1)[C@@H](N)Cc1cc(F)cc(F)c1. The van der Waals surface area contributed by atoms with Crippen LogP contribution in [0.1, 0.15) is 78.3 Å². The summed E-state index contributed by atoms with van der Waals surface area (Å²) in [6, 6.07) is 7.52. The van der Waals surface area contributed by atoms with Crippen LogP contribution in [0.15, 0.2) is 48.6 Å². The fraction of sp³-hybridized carbons (Fsp3) is 0.484. The molecule has 0 heterocycles. The van der Waals surface area contributed by atoms with E-state index in [1.54, 1.807) is 23.1 Å². The van der Waals surface area contributed by atoms with E-state index in [0.29, 0.717) is 30.8 Å². The average Bonchev–Trinajstić information content (AvgIpc) is 2.88. The van der Waals surface area contributed by atoms with E-state index in [0.717, 1.165) is 37.3 Å². The Labute approximate surface area is 231 Å². The van der Waals surface area contributed by atoms with Crippen LogP contribution < -0.4 is 11.1 Å². The fourth-order valence-electron chi connectivity index (χ4n) is 4.36. The molecule has 6 nitrogen and oxygen atoms in total. The summed E-state index contributed by atoms with van der Waals surface area (Å²) in [4.78, 5) is 28.2. The maximum absolute atomic E-state index is 13.7. The molecule has 2 atom stereocenters. The number of ether oxygens (including phenoxy) is 1. The van der Waals surface area contributed by atoms with Crippen LogP contribution in [0.4, 0.5) is 8.78 Å². The van der Waals surface area contributed by atoms with Gasteiger partial charge in [-0.15, -0.1) is 0 Å². The van der Waals surface area contributed by atoms with Crippen molar-refractivity contribution in [2.24, 2.45) is 5.73 Å². The van der Waals surface area contributed by atoms with Crippen molar-refractivity contribution in [1.29, 1.82) is 0 Å². The van der Waals surface area contributed by atoms with Crippen LogP contribution in [0.25, 0.3) is 0 Å². The highest BCUT2D eigenvalue weighted by Crippen LogP contribution is 2.17. The summed E-state index contributed by atoms with van der Waals surface area (Å²) in [5.41, 5.74) is 8.23. The number of nitrogens with two attached hydrogens (primary N) is 1. The molecule has 0 unspecified atom stereocenters. The molecule has 3 N–H and O–H groups in total. The number of allylic oxidation sites excluding steroid dienone is 1. The molecule has 39 heavy (non-hydrogen) atoms. The van der Waals surface area contributed by atoms with Gasteiger partial charge in [0.25, 0.3) is 5.91 Å². The minimum absolute atomic E-state index is 0.112. The van der Waals surface area contributed by atoms with E-state index >= 15 is 0 Å². The first-order valence-electron chi connectivity index (χ1n) is 13.9. The van der Waals surface area contributed by atoms with Gasteiger partial charge >= 0.3 is 5.97 Å². The number of hydrogen-bond acceptors (Lipinski definition) is 5. The second-order valence-electron chi connectivity index (χ2n) is 9.89. The van der Waals surface area contributed by atoms with E-state index in [2.05, 4.69) is 18.3 Å². The molecule has 0 saturated carbocycles. The van der Waals surface area contributed by atoms with Crippen molar-refractivity contribution in [1.82, 2.24) is 10.2 Å². The number of amides is 1. The molecule has 0 spiro atoms. The smallest absolute Gasteiger partial charge is 0.338 e. The average molecular weight is 544 g/mol. The summed E-state index contributed by atoms with van der Waals surface area (Å²) in [6.45, 7) is 10.0. The van der Waals surface area contributed by atoms with Gasteiger partial charge in [-0.05, 0) is 74.1 Å². The number of carbonyl (C=O) groups excluding carboxylic acids is 2. The predicted octanol–water partition coefficient (Wildman–Crippen LogP) is 5.58. The van der Waals surface area contributed by atoms with Crippen molar-refractivity contribution >= 4 is 11.9 Å². The molecule has 0 aromatic heterocycles. The molecule has 2 aromatic carbocycles. The maximum atomic E-state index is 13.7. The van der Waals surface area contributed by atoms with E-state index in [1.807, 2.05) is 26.8 Å². The number of nitrogens with zero attached hydrogens (tertiary/aromatic N) is 1. The number of halogens is 2. The number of esters is 1. The lowest BCUT2D eigenvalue weighted by molar-refractivity contribution is 0.0241. The van der Waals surface area contributed by atoms with Crippen molar-refractivity contribution in [2.45, 2.75) is 71.9 Å². The van der Waals surface area contributed by atoms with Crippen LogP contribution in [0.2, 0.25) is 0 Å². The Kier molecular flexibility index (Phi) is 13.8. The lowest BCUT2D eigenvalue weighted by Crippen LogP contribution is -2.46. The normalized spacial score (nSPS) is 12.9. The molecule has 0 aliphatic rings. The first kappa shape index (κ1) is 32.1. The van der Waals surface area contributed by atoms with Crippen molar-refractivity contribution < 1.29 is 23.1 Å². The second kappa shape index (κ2) is 16.8. The summed E-state index contributed by atoms with van der Waals surface area (Å²) in [5.74, 6) is -2.12. The summed E-state index contributed by atoms with van der Waals surface area (Å²) in [6.07, 6.45) is 7.07. The van der Waals surface area contributed by atoms with E-state index in [-0.39, 0.29) is 24.4 Å². The third-order valence-electron chi connectivity index (χ3n) is 6.19. The summed E-state index contributed by atoms with van der Waals surface area (Å²) < 4.78 is 33.3. The summed E-state index contributed by atoms with van der Waals surface area (Å²) in [7, 11) is 0. The quantitative estimate of drug-likeness (QED) is 0.164. The third-order valence-corrected chi connectivity index (χ3v) is 6.19. The number of hydrogen-bond donors (Lipinski definition) is 2. The molecule has 0 fully saturated rings. The lowest BCUT2D eigenvalue weighted by Gasteiger charge is -2.25. The van der Waals surface area contributed by atoms with E-state index < -0.39 is 29.7 Å². The van der Waals surface area contributed by atoms with Crippen LogP contribution in [-0.2, 0) is 11.2 Å². The van der Waals surface area contributed by atoms with Gasteiger partial charge in [0.15, 0.2) is 0 Å². The number of nitrogens with one attached hydrogen (secondary N) is 1. The second-order valence-corrected chi connectivity index (χ2v) is 9.89. The monoisotopic (exact) mass is 543 g/mol. The van der Waals surface area contributed by atoms with Gasteiger partial charge in [-0.2, -0.15) is 0 Å². The predicted molar refractivity (Wildman–Crippen MR) is 152 cm³/mol. The molecule has 2 aromatic rings. The Hall–Kier alpha value is -3.10. The molecule has 8 heteroatoms. The molecule has 0 aliphatic heterocycles. The highest BCUT2D eigenvalue weighted by molar-refractivity contribution is 5.98. The first-order valence-corrected chi connectivity index (χ1v) is 13.9. The van der Waals surface area contributed by atoms with Crippen LogP contribution in [0.3, 0.4) is 0 Å². The van der Waals surface area contributed by atoms with E-state index in [1.165, 1.54) is 12.1 Å². The highest BCUT2D eigenvalue weighted by atomic mass is 19.1. The molecule has 214 valence electrons. The minimum Gasteiger partial charge on any atom is -0.456 e. The van der Waals surface area contributed by atoms with Gasteiger partial charge in [-0.3, -0.25) is 4.79 Å². The number of rotatable bonds is 16. The lowest BCUT2D eigenvalue weighted by atomic mass is 10.0. The zero-order valence-corrected chi connectivity index (χ0v) is 23.6. The molecule has 1 amide bonds. The Morgan fingerprint density at radius 2 is 1.59 bits per heavy atom. The van der Waals surface area contributed by atoms with Crippen molar-refractivity contribution in [3.8, 4) is 0 Å². The van der Waals surface area contributed by atoms with Crippen molar-refractivity contribution in [3.05, 3.63) is 82.4 Å². The standard InChI is InChI=1S/C31H43F2N3O3/c1-5-8-9-10-11-35-21-29(28(34)18-23-16-26(32)20-27(33)17-23)39-31(38)25-15-22(4)14-24(19-25)30(37)36(12-6-2)13-7-3/h9-10,14-17,19-20,28-29,35H,5-8,11-13,18,21,34H2,1-4H3/t28-,29+/m0/s1.